The van der Waals surface area contributed by atoms with Crippen LogP contribution in [0.25, 0.3) is 22.5 Å². The van der Waals surface area contributed by atoms with E-state index in [1.807, 2.05) is 23.2 Å². The van der Waals surface area contributed by atoms with E-state index < -0.39 is 0 Å². The fraction of sp³-hybridized carbons (Fsp3) is 0.360. The lowest BCUT2D eigenvalue weighted by molar-refractivity contribution is 0.340. The van der Waals surface area contributed by atoms with E-state index in [9.17, 15) is 0 Å². The van der Waals surface area contributed by atoms with Gasteiger partial charge in [0.05, 0.1) is 6.54 Å². The minimum absolute atomic E-state index is 0.583. The minimum Gasteiger partial charge on any atom is -0.386 e. The maximum absolute atomic E-state index is 6.19. The van der Waals surface area contributed by atoms with E-state index in [0.717, 1.165) is 66.5 Å². The average molecular weight is 432 g/mol. The summed E-state index contributed by atoms with van der Waals surface area (Å²) in [5.74, 6) is 1.25. The van der Waals surface area contributed by atoms with Crippen LogP contribution in [0.4, 0.5) is 0 Å². The Morgan fingerprint density at radius 3 is 2.34 bits per heavy atom. The zero-order valence-electron chi connectivity index (χ0n) is 19.1. The molecule has 2 aromatic carbocycles. The predicted octanol–water partition coefficient (Wildman–Crippen LogP) is 5.50. The number of H-pyrrole nitrogens is 1. The quantitative estimate of drug-likeness (QED) is 0.224. The monoisotopic (exact) mass is 431 g/mol. The molecule has 0 aliphatic carbocycles. The molecule has 3 rings (SSSR count). The van der Waals surface area contributed by atoms with Crippen LogP contribution in [0.3, 0.4) is 0 Å². The van der Waals surface area contributed by atoms with Crippen LogP contribution in [0.2, 0.25) is 0 Å². The summed E-state index contributed by atoms with van der Waals surface area (Å²) in [6, 6.07) is 16.5. The van der Waals surface area contributed by atoms with Gasteiger partial charge in [-0.1, -0.05) is 81.8 Å². The van der Waals surface area contributed by atoms with Crippen molar-refractivity contribution < 1.29 is 0 Å². The second-order valence-electron chi connectivity index (χ2n) is 7.90. The Balaban J connectivity index is 1.80. The SMILES string of the molecule is C=C(CCCC)N(Cc1ccc(-c2ccccc2-c2nn[nH]n2)cc1)/N=C(\N)CCCC. The Kier molecular flexibility index (Phi) is 8.54. The third kappa shape index (κ3) is 6.26. The number of aromatic amines is 1. The van der Waals surface area contributed by atoms with Gasteiger partial charge in [0.25, 0.3) is 0 Å². The number of hydrazone groups is 1. The Labute approximate surface area is 190 Å². The van der Waals surface area contributed by atoms with Gasteiger partial charge in [-0.15, -0.1) is 10.2 Å². The van der Waals surface area contributed by atoms with Crippen molar-refractivity contribution in [2.75, 3.05) is 0 Å². The van der Waals surface area contributed by atoms with Gasteiger partial charge in [-0.3, -0.25) is 5.01 Å². The second kappa shape index (κ2) is 11.8. The summed E-state index contributed by atoms with van der Waals surface area (Å²) < 4.78 is 0. The van der Waals surface area contributed by atoms with E-state index in [1.54, 1.807) is 0 Å². The largest absolute Gasteiger partial charge is 0.386 e. The van der Waals surface area contributed by atoms with E-state index in [-0.39, 0.29) is 0 Å². The lowest BCUT2D eigenvalue weighted by atomic mass is 9.98. The van der Waals surface area contributed by atoms with Gasteiger partial charge in [0.1, 0.15) is 5.84 Å². The van der Waals surface area contributed by atoms with E-state index >= 15 is 0 Å². The summed E-state index contributed by atoms with van der Waals surface area (Å²) in [7, 11) is 0. The number of tetrazole rings is 1. The predicted molar refractivity (Wildman–Crippen MR) is 130 cm³/mol. The second-order valence-corrected chi connectivity index (χ2v) is 7.90. The Morgan fingerprint density at radius 1 is 1.00 bits per heavy atom. The van der Waals surface area contributed by atoms with Crippen LogP contribution in [0, 0.1) is 0 Å². The molecule has 7 nitrogen and oxygen atoms in total. The fourth-order valence-electron chi connectivity index (χ4n) is 3.46. The van der Waals surface area contributed by atoms with Gasteiger partial charge in [0.2, 0.25) is 5.82 Å². The minimum atomic E-state index is 0.583. The van der Waals surface area contributed by atoms with Crippen molar-refractivity contribution in [3.8, 4) is 22.5 Å². The summed E-state index contributed by atoms with van der Waals surface area (Å²) in [6.45, 7) is 9.25. The van der Waals surface area contributed by atoms with Crippen LogP contribution in [0.5, 0.6) is 0 Å². The molecule has 1 aromatic heterocycles. The molecule has 1 heterocycles. The summed E-state index contributed by atoms with van der Waals surface area (Å²) in [6.07, 6.45) is 6.07. The van der Waals surface area contributed by atoms with Crippen molar-refractivity contribution in [3.05, 3.63) is 66.4 Å². The molecule has 7 heteroatoms. The number of nitrogens with one attached hydrogen (secondary N) is 1. The highest BCUT2D eigenvalue weighted by Gasteiger charge is 2.12. The van der Waals surface area contributed by atoms with Crippen molar-refractivity contribution >= 4 is 5.84 Å². The molecule has 0 amide bonds. The van der Waals surface area contributed by atoms with Crippen LogP contribution in [0.1, 0.15) is 57.9 Å². The number of benzene rings is 2. The van der Waals surface area contributed by atoms with E-state index in [4.69, 9.17) is 10.8 Å². The number of amidine groups is 1. The number of hydrogen-bond acceptors (Lipinski definition) is 5. The van der Waals surface area contributed by atoms with Gasteiger partial charge in [-0.25, -0.2) is 0 Å². The standard InChI is InChI=1S/C25H33N7/c1-4-6-10-19(3)32(29-24(26)13-7-5-2)18-20-14-16-21(17-15-20)22-11-8-9-12-23(22)25-27-30-31-28-25/h8-9,11-12,14-17H,3-7,10,13,18H2,1-2H3,(H2,26,29)(H,27,28,30,31). The van der Waals surface area contributed by atoms with Crippen LogP contribution in [-0.2, 0) is 6.54 Å². The summed E-state index contributed by atoms with van der Waals surface area (Å²) in [4.78, 5) is 0. The highest BCUT2D eigenvalue weighted by atomic mass is 15.5. The molecule has 3 aromatic rings. The molecular weight excluding hydrogens is 398 g/mol. The molecule has 0 atom stereocenters. The van der Waals surface area contributed by atoms with Crippen LogP contribution in [0.15, 0.2) is 65.9 Å². The molecule has 0 bridgehead atoms. The molecular formula is C25H33N7. The smallest absolute Gasteiger partial charge is 0.205 e. The molecule has 168 valence electrons. The lowest BCUT2D eigenvalue weighted by Gasteiger charge is -2.23. The average Bonchev–Trinajstić information content (AvgIpc) is 3.36. The van der Waals surface area contributed by atoms with Crippen molar-refractivity contribution in [1.82, 2.24) is 25.6 Å². The van der Waals surface area contributed by atoms with E-state index in [2.05, 4.69) is 71.4 Å². The van der Waals surface area contributed by atoms with Gasteiger partial charge in [-0.05, 0) is 41.2 Å². The number of nitrogens with two attached hydrogens (primary N) is 1. The van der Waals surface area contributed by atoms with Gasteiger partial charge < -0.3 is 5.73 Å². The first kappa shape index (κ1) is 23.2. The molecule has 0 spiro atoms. The van der Waals surface area contributed by atoms with Crippen molar-refractivity contribution in [3.63, 3.8) is 0 Å². The Hall–Kier alpha value is -3.48. The zero-order chi connectivity index (χ0) is 22.8. The Morgan fingerprint density at radius 2 is 1.69 bits per heavy atom. The molecule has 0 fully saturated rings. The third-order valence-electron chi connectivity index (χ3n) is 5.33. The molecule has 3 N–H and O–H groups in total. The normalized spacial score (nSPS) is 11.5. The maximum Gasteiger partial charge on any atom is 0.205 e. The van der Waals surface area contributed by atoms with Crippen LogP contribution < -0.4 is 5.73 Å². The van der Waals surface area contributed by atoms with E-state index in [0.29, 0.717) is 18.2 Å². The molecule has 0 unspecified atom stereocenters. The molecule has 0 radical (unpaired) electrons. The van der Waals surface area contributed by atoms with Crippen molar-refractivity contribution in [2.24, 2.45) is 10.8 Å². The third-order valence-corrected chi connectivity index (χ3v) is 5.33. The van der Waals surface area contributed by atoms with Gasteiger partial charge in [0.15, 0.2) is 0 Å². The fourth-order valence-corrected chi connectivity index (χ4v) is 3.46. The molecule has 32 heavy (non-hydrogen) atoms. The first-order chi connectivity index (χ1) is 15.6. The van der Waals surface area contributed by atoms with E-state index in [1.165, 1.54) is 0 Å². The van der Waals surface area contributed by atoms with Gasteiger partial charge >= 0.3 is 0 Å². The number of rotatable bonds is 12. The summed E-state index contributed by atoms with van der Waals surface area (Å²) in [5, 5.41) is 21.1. The highest BCUT2D eigenvalue weighted by Crippen LogP contribution is 2.30. The number of aromatic nitrogens is 4. The molecule has 0 saturated heterocycles. The lowest BCUT2D eigenvalue weighted by Crippen LogP contribution is -2.22. The first-order valence-electron chi connectivity index (χ1n) is 11.3. The Bertz CT molecular complexity index is 1010. The van der Waals surface area contributed by atoms with Crippen molar-refractivity contribution in [1.29, 1.82) is 0 Å². The summed E-state index contributed by atoms with van der Waals surface area (Å²) in [5.41, 5.74) is 11.4. The first-order valence-corrected chi connectivity index (χ1v) is 11.3. The molecule has 0 saturated carbocycles. The van der Waals surface area contributed by atoms with Gasteiger partial charge in [0, 0.05) is 17.7 Å². The van der Waals surface area contributed by atoms with Crippen molar-refractivity contribution in [2.45, 2.75) is 58.9 Å². The van der Waals surface area contributed by atoms with Crippen LogP contribution >= 0.6 is 0 Å². The highest BCUT2D eigenvalue weighted by molar-refractivity contribution is 5.80. The van der Waals surface area contributed by atoms with Crippen LogP contribution in [-0.4, -0.2) is 31.5 Å². The topological polar surface area (TPSA) is 96.1 Å². The number of nitrogens with zero attached hydrogens (tertiary/aromatic N) is 5. The van der Waals surface area contributed by atoms with Gasteiger partial charge in [-0.2, -0.15) is 10.3 Å². The molecule has 0 aliphatic heterocycles. The number of hydrogen-bond donors (Lipinski definition) is 2. The molecule has 0 aliphatic rings. The maximum atomic E-state index is 6.19. The number of unbranched alkanes of at least 4 members (excludes halogenated alkanes) is 2. The number of allylic oxidation sites excluding steroid dienone is 1. The zero-order valence-corrected chi connectivity index (χ0v) is 19.1. The summed E-state index contributed by atoms with van der Waals surface area (Å²) >= 11 is 0.